The van der Waals surface area contributed by atoms with Gasteiger partial charge in [0.15, 0.2) is 0 Å². The van der Waals surface area contributed by atoms with E-state index in [4.69, 9.17) is 4.98 Å². The summed E-state index contributed by atoms with van der Waals surface area (Å²) in [7, 11) is 0. The van der Waals surface area contributed by atoms with Gasteiger partial charge in [-0.1, -0.05) is 30.3 Å². The van der Waals surface area contributed by atoms with E-state index in [2.05, 4.69) is 56.5 Å². The molecular formula is C20H21N5. The van der Waals surface area contributed by atoms with Gasteiger partial charge in [0, 0.05) is 36.0 Å². The number of rotatable bonds is 3. The van der Waals surface area contributed by atoms with Gasteiger partial charge < -0.3 is 4.98 Å². The first-order chi connectivity index (χ1) is 12.4. The van der Waals surface area contributed by atoms with E-state index in [-0.39, 0.29) is 0 Å². The fourth-order valence-electron chi connectivity index (χ4n) is 4.09. The largest absolute Gasteiger partial charge is 0.346 e. The van der Waals surface area contributed by atoms with Gasteiger partial charge >= 0.3 is 0 Å². The summed E-state index contributed by atoms with van der Waals surface area (Å²) >= 11 is 0. The number of piperidine rings is 1. The van der Waals surface area contributed by atoms with Crippen LogP contribution in [0.25, 0.3) is 21.9 Å². The molecule has 0 amide bonds. The summed E-state index contributed by atoms with van der Waals surface area (Å²) in [6.45, 7) is 3.21. The first-order valence-corrected chi connectivity index (χ1v) is 8.95. The number of hydrogen-bond acceptors (Lipinski definition) is 3. The highest BCUT2D eigenvalue weighted by Crippen LogP contribution is 2.33. The first-order valence-electron chi connectivity index (χ1n) is 8.95. The number of H-pyrrole nitrogens is 2. The van der Waals surface area contributed by atoms with Gasteiger partial charge in [-0.05, 0) is 31.0 Å². The number of fused-ring (bicyclic) bond motifs is 3. The van der Waals surface area contributed by atoms with Gasteiger partial charge in [0.25, 0.3) is 0 Å². The predicted octanol–water partition coefficient (Wildman–Crippen LogP) is 3.82. The number of pyridine rings is 1. The highest BCUT2D eigenvalue weighted by Gasteiger charge is 2.25. The molecule has 1 unspecified atom stereocenters. The minimum atomic E-state index is 0.438. The third-order valence-electron chi connectivity index (χ3n) is 5.28. The number of nitrogens with one attached hydrogen (secondary N) is 2. The number of aromatic nitrogens is 4. The van der Waals surface area contributed by atoms with Crippen molar-refractivity contribution in [2.24, 2.45) is 0 Å². The maximum absolute atomic E-state index is 4.95. The van der Waals surface area contributed by atoms with E-state index in [1.54, 1.807) is 0 Å². The Morgan fingerprint density at radius 3 is 2.96 bits per heavy atom. The van der Waals surface area contributed by atoms with Crippen LogP contribution < -0.4 is 0 Å². The molecule has 0 bridgehead atoms. The fraction of sp³-hybridized carbons (Fsp3) is 0.300. The molecule has 25 heavy (non-hydrogen) atoms. The second-order valence-electron chi connectivity index (χ2n) is 6.96. The van der Waals surface area contributed by atoms with Crippen LogP contribution in [-0.2, 0) is 6.54 Å². The number of benzene rings is 1. The van der Waals surface area contributed by atoms with Crippen LogP contribution in [0.3, 0.4) is 0 Å². The van der Waals surface area contributed by atoms with Crippen molar-refractivity contribution < 1.29 is 0 Å². The van der Waals surface area contributed by atoms with Crippen LogP contribution in [0, 0.1) is 0 Å². The van der Waals surface area contributed by atoms with Crippen LogP contribution in [0.15, 0.2) is 48.8 Å². The Bertz CT molecular complexity index is 1000. The van der Waals surface area contributed by atoms with Crippen LogP contribution in [-0.4, -0.2) is 38.2 Å². The zero-order valence-electron chi connectivity index (χ0n) is 14.1. The van der Waals surface area contributed by atoms with Crippen molar-refractivity contribution >= 4 is 21.9 Å². The first kappa shape index (κ1) is 14.7. The summed E-state index contributed by atoms with van der Waals surface area (Å²) in [4.78, 5) is 10.8. The Morgan fingerprint density at radius 2 is 2.04 bits per heavy atom. The van der Waals surface area contributed by atoms with Gasteiger partial charge in [0.05, 0.1) is 17.4 Å². The van der Waals surface area contributed by atoms with Crippen LogP contribution in [0.4, 0.5) is 0 Å². The third-order valence-corrected chi connectivity index (χ3v) is 5.28. The lowest BCUT2D eigenvalue weighted by Crippen LogP contribution is -2.34. The molecule has 0 radical (unpaired) electrons. The average Bonchev–Trinajstić information content (AvgIpc) is 3.31. The van der Waals surface area contributed by atoms with Gasteiger partial charge in [0.2, 0.25) is 0 Å². The fourth-order valence-corrected chi connectivity index (χ4v) is 4.09. The van der Waals surface area contributed by atoms with E-state index in [1.165, 1.54) is 23.8 Å². The normalized spacial score (nSPS) is 19.0. The van der Waals surface area contributed by atoms with E-state index < -0.39 is 0 Å². The van der Waals surface area contributed by atoms with Crippen molar-refractivity contribution in [2.45, 2.75) is 25.3 Å². The van der Waals surface area contributed by atoms with E-state index in [0.29, 0.717) is 5.92 Å². The lowest BCUT2D eigenvalue weighted by atomic mass is 9.92. The number of likely N-dealkylation sites (tertiary alicyclic amines) is 1. The molecule has 4 aromatic rings. The summed E-state index contributed by atoms with van der Waals surface area (Å²) in [6.07, 6.45) is 6.26. The minimum Gasteiger partial charge on any atom is -0.346 e. The van der Waals surface area contributed by atoms with Gasteiger partial charge in [-0.25, -0.2) is 4.98 Å². The molecule has 0 spiro atoms. The average molecular weight is 331 g/mol. The van der Waals surface area contributed by atoms with Gasteiger partial charge in [-0.3, -0.25) is 10.00 Å². The number of nitrogens with zero attached hydrogens (tertiary/aromatic N) is 3. The van der Waals surface area contributed by atoms with Crippen molar-refractivity contribution in [3.05, 3.63) is 60.0 Å². The SMILES string of the molecule is c1ccc(CN2CCCC(c3nc4[nH]ccc4c4cn[nH]c34)C2)cc1. The van der Waals surface area contributed by atoms with Crippen LogP contribution in [0.2, 0.25) is 0 Å². The van der Waals surface area contributed by atoms with E-state index in [9.17, 15) is 0 Å². The highest BCUT2D eigenvalue weighted by atomic mass is 15.1. The van der Waals surface area contributed by atoms with E-state index >= 15 is 0 Å². The molecular weight excluding hydrogens is 310 g/mol. The molecule has 1 saturated heterocycles. The predicted molar refractivity (Wildman–Crippen MR) is 99.4 cm³/mol. The van der Waals surface area contributed by atoms with Gasteiger partial charge in [0.1, 0.15) is 5.65 Å². The van der Waals surface area contributed by atoms with E-state index in [0.717, 1.165) is 41.9 Å². The minimum absolute atomic E-state index is 0.438. The summed E-state index contributed by atoms with van der Waals surface area (Å²) < 4.78 is 0. The molecule has 5 rings (SSSR count). The molecule has 1 atom stereocenters. The van der Waals surface area contributed by atoms with Crippen LogP contribution in [0.1, 0.15) is 30.0 Å². The summed E-state index contributed by atoms with van der Waals surface area (Å²) in [6, 6.07) is 12.8. The maximum Gasteiger partial charge on any atom is 0.138 e. The monoisotopic (exact) mass is 331 g/mol. The standard InChI is InChI=1S/C20H21N5/c1-2-5-14(6-3-1)12-25-10-4-7-15(13-25)18-19-17(11-22-24-19)16-8-9-21-20(16)23-18/h1-3,5-6,8-9,11,15H,4,7,10,12-13H2,(H,21,23)(H,22,24). The van der Waals surface area contributed by atoms with Gasteiger partial charge in [-0.2, -0.15) is 5.10 Å². The smallest absolute Gasteiger partial charge is 0.138 e. The second kappa shape index (κ2) is 6.01. The van der Waals surface area contributed by atoms with Crippen LogP contribution in [0.5, 0.6) is 0 Å². The Morgan fingerprint density at radius 1 is 1.12 bits per heavy atom. The topological polar surface area (TPSA) is 60.6 Å². The molecule has 126 valence electrons. The lowest BCUT2D eigenvalue weighted by molar-refractivity contribution is 0.199. The van der Waals surface area contributed by atoms with Crippen LogP contribution >= 0.6 is 0 Å². The number of aromatic amines is 2. The molecule has 5 heteroatoms. The quantitative estimate of drug-likeness (QED) is 0.600. The van der Waals surface area contributed by atoms with Crippen molar-refractivity contribution in [2.75, 3.05) is 13.1 Å². The molecule has 4 heterocycles. The zero-order valence-corrected chi connectivity index (χ0v) is 14.1. The second-order valence-corrected chi connectivity index (χ2v) is 6.96. The summed E-state index contributed by atoms with van der Waals surface area (Å²) in [5.41, 5.74) is 4.59. The van der Waals surface area contributed by atoms with E-state index in [1.807, 2.05) is 12.4 Å². The molecule has 2 N–H and O–H groups in total. The Kier molecular flexibility index (Phi) is 3.52. The molecule has 5 nitrogen and oxygen atoms in total. The Balaban J connectivity index is 1.47. The lowest BCUT2D eigenvalue weighted by Gasteiger charge is -2.32. The van der Waals surface area contributed by atoms with Crippen molar-refractivity contribution in [1.29, 1.82) is 0 Å². The summed E-state index contributed by atoms with van der Waals surface area (Å²) in [5.74, 6) is 0.438. The Hall–Kier alpha value is -2.66. The van der Waals surface area contributed by atoms with Crippen molar-refractivity contribution in [3.63, 3.8) is 0 Å². The molecule has 0 saturated carbocycles. The zero-order chi connectivity index (χ0) is 16.6. The molecule has 0 aliphatic carbocycles. The molecule has 1 aromatic carbocycles. The molecule has 1 aliphatic rings. The maximum atomic E-state index is 4.95. The highest BCUT2D eigenvalue weighted by molar-refractivity contribution is 6.04. The van der Waals surface area contributed by atoms with Crippen molar-refractivity contribution in [3.8, 4) is 0 Å². The Labute approximate surface area is 146 Å². The summed E-state index contributed by atoms with van der Waals surface area (Å²) in [5, 5.41) is 9.78. The van der Waals surface area contributed by atoms with Crippen molar-refractivity contribution in [1.82, 2.24) is 25.1 Å². The van der Waals surface area contributed by atoms with Gasteiger partial charge in [-0.15, -0.1) is 0 Å². The molecule has 1 aliphatic heterocycles. The molecule has 3 aromatic heterocycles. The third kappa shape index (κ3) is 2.61. The number of hydrogen-bond donors (Lipinski definition) is 2. The molecule has 1 fully saturated rings.